The molecule has 0 rings (SSSR count). The second-order valence-corrected chi connectivity index (χ2v) is 5.12. The van der Waals surface area contributed by atoms with Crippen molar-refractivity contribution >= 4 is 15.9 Å². The lowest BCUT2D eigenvalue weighted by Crippen LogP contribution is -2.31. The molecule has 1 unspecified atom stereocenters. The number of rotatable bonds is 10. The fourth-order valence-corrected chi connectivity index (χ4v) is 1.89. The molecule has 0 aliphatic carbocycles. The van der Waals surface area contributed by atoms with Gasteiger partial charge in [-0.1, -0.05) is 36.7 Å². The minimum absolute atomic E-state index is 0.637. The Morgan fingerprint density at radius 1 is 1.20 bits per heavy atom. The molecule has 0 aromatic rings. The van der Waals surface area contributed by atoms with Gasteiger partial charge in [0, 0.05) is 24.5 Å². The maximum atomic E-state index is 5.54. The van der Waals surface area contributed by atoms with Gasteiger partial charge >= 0.3 is 0 Å². The molecule has 3 heteroatoms. The van der Waals surface area contributed by atoms with Gasteiger partial charge in [-0.05, 0) is 25.2 Å². The summed E-state index contributed by atoms with van der Waals surface area (Å²) < 4.78 is 5.54. The predicted octanol–water partition coefficient (Wildman–Crippen LogP) is 3.20. The Kier molecular flexibility index (Phi) is 11.2. The maximum Gasteiger partial charge on any atom is 0.0591 e. The summed E-state index contributed by atoms with van der Waals surface area (Å²) in [7, 11) is 0. The van der Waals surface area contributed by atoms with Crippen molar-refractivity contribution in [1.29, 1.82) is 0 Å². The largest absolute Gasteiger partial charge is 0.380 e. The molecule has 2 nitrogen and oxygen atoms in total. The second-order valence-electron chi connectivity index (χ2n) is 4.33. The van der Waals surface area contributed by atoms with Crippen LogP contribution >= 0.6 is 15.9 Å². The number of halogens is 1. The molecule has 0 aliphatic heterocycles. The molecule has 0 aliphatic rings. The van der Waals surface area contributed by atoms with Crippen LogP contribution in [0.2, 0.25) is 0 Å². The number of ether oxygens (including phenoxy) is 1. The Balaban J connectivity index is 3.21. The van der Waals surface area contributed by atoms with E-state index in [1.54, 1.807) is 0 Å². The maximum absolute atomic E-state index is 5.54. The van der Waals surface area contributed by atoms with E-state index in [0.29, 0.717) is 6.04 Å². The Labute approximate surface area is 103 Å². The van der Waals surface area contributed by atoms with Crippen molar-refractivity contribution in [3.63, 3.8) is 0 Å². The van der Waals surface area contributed by atoms with Crippen molar-refractivity contribution in [2.24, 2.45) is 5.92 Å². The minimum atomic E-state index is 0.637. The van der Waals surface area contributed by atoms with E-state index >= 15 is 0 Å². The number of alkyl halides is 1. The van der Waals surface area contributed by atoms with E-state index in [1.165, 1.54) is 19.3 Å². The van der Waals surface area contributed by atoms with Gasteiger partial charge in [0.25, 0.3) is 0 Å². The van der Waals surface area contributed by atoms with Gasteiger partial charge in [-0.25, -0.2) is 0 Å². The zero-order chi connectivity index (χ0) is 11.5. The first kappa shape index (κ1) is 15.4. The lowest BCUT2D eigenvalue weighted by Gasteiger charge is -2.15. The summed E-state index contributed by atoms with van der Waals surface area (Å²) in [6.07, 6.45) is 3.55. The number of hydrogen-bond acceptors (Lipinski definition) is 2. The van der Waals surface area contributed by atoms with E-state index in [1.807, 2.05) is 0 Å². The fraction of sp³-hybridized carbons (Fsp3) is 1.00. The summed E-state index contributed by atoms with van der Waals surface area (Å²) in [6, 6.07) is 0.637. The van der Waals surface area contributed by atoms with E-state index in [4.69, 9.17) is 4.74 Å². The lowest BCUT2D eigenvalue weighted by molar-refractivity contribution is 0.123. The Hall–Kier alpha value is 0.400. The van der Waals surface area contributed by atoms with Gasteiger partial charge < -0.3 is 10.1 Å². The predicted molar refractivity (Wildman–Crippen MR) is 70.8 cm³/mol. The fourth-order valence-electron chi connectivity index (χ4n) is 1.34. The first-order chi connectivity index (χ1) is 7.20. The topological polar surface area (TPSA) is 21.3 Å². The summed E-state index contributed by atoms with van der Waals surface area (Å²) >= 11 is 3.47. The number of nitrogens with one attached hydrogen (secondary N) is 1. The smallest absolute Gasteiger partial charge is 0.0591 e. The summed E-state index contributed by atoms with van der Waals surface area (Å²) in [4.78, 5) is 0. The molecule has 92 valence electrons. The third-order valence-electron chi connectivity index (χ3n) is 2.47. The van der Waals surface area contributed by atoms with Crippen molar-refractivity contribution in [2.75, 3.05) is 25.1 Å². The molecule has 0 aromatic heterocycles. The molecule has 0 saturated heterocycles. The molecular formula is C12H26BrNO. The van der Waals surface area contributed by atoms with Gasteiger partial charge in [0.05, 0.1) is 6.61 Å². The molecule has 0 heterocycles. The summed E-state index contributed by atoms with van der Waals surface area (Å²) in [5.41, 5.74) is 0. The zero-order valence-corrected chi connectivity index (χ0v) is 12.0. The summed E-state index contributed by atoms with van der Waals surface area (Å²) in [5.74, 6) is 0.745. The summed E-state index contributed by atoms with van der Waals surface area (Å²) in [5, 5.41) is 4.58. The highest BCUT2D eigenvalue weighted by molar-refractivity contribution is 9.09. The molecule has 0 amide bonds. The molecule has 15 heavy (non-hydrogen) atoms. The third kappa shape index (κ3) is 10.7. The van der Waals surface area contributed by atoms with E-state index in [9.17, 15) is 0 Å². The molecule has 0 radical (unpaired) electrons. The van der Waals surface area contributed by atoms with E-state index < -0.39 is 0 Å². The van der Waals surface area contributed by atoms with E-state index in [0.717, 1.165) is 31.0 Å². The molecule has 0 aromatic carbocycles. The van der Waals surface area contributed by atoms with Crippen LogP contribution in [-0.2, 0) is 4.74 Å². The van der Waals surface area contributed by atoms with Crippen LogP contribution in [-0.4, -0.2) is 31.1 Å². The van der Waals surface area contributed by atoms with Crippen molar-refractivity contribution in [1.82, 2.24) is 5.32 Å². The van der Waals surface area contributed by atoms with Crippen molar-refractivity contribution in [3.8, 4) is 0 Å². The van der Waals surface area contributed by atoms with Crippen molar-refractivity contribution in [2.45, 2.75) is 46.1 Å². The molecule has 0 fully saturated rings. The van der Waals surface area contributed by atoms with E-state index in [2.05, 4.69) is 42.0 Å². The average Bonchev–Trinajstić information content (AvgIpc) is 2.21. The SMILES string of the molecule is CCC(CCBr)NCCOCCC(C)C. The summed E-state index contributed by atoms with van der Waals surface area (Å²) in [6.45, 7) is 9.39. The average molecular weight is 280 g/mol. The van der Waals surface area contributed by atoms with Crippen LogP contribution in [0.3, 0.4) is 0 Å². The van der Waals surface area contributed by atoms with Gasteiger partial charge in [-0.3, -0.25) is 0 Å². The van der Waals surface area contributed by atoms with Crippen LogP contribution in [0.1, 0.15) is 40.0 Å². The normalized spacial score (nSPS) is 13.4. The van der Waals surface area contributed by atoms with Gasteiger partial charge in [-0.15, -0.1) is 0 Å². The minimum Gasteiger partial charge on any atom is -0.380 e. The van der Waals surface area contributed by atoms with Gasteiger partial charge in [0.2, 0.25) is 0 Å². The van der Waals surface area contributed by atoms with Gasteiger partial charge in [0.1, 0.15) is 0 Å². The molecule has 0 bridgehead atoms. The van der Waals surface area contributed by atoms with Gasteiger partial charge in [0.15, 0.2) is 0 Å². The highest BCUT2D eigenvalue weighted by atomic mass is 79.9. The standard InChI is InChI=1S/C12H26BrNO/c1-4-12(5-7-13)14-8-10-15-9-6-11(2)3/h11-12,14H,4-10H2,1-3H3. The van der Waals surface area contributed by atoms with Crippen LogP contribution in [0.5, 0.6) is 0 Å². The second kappa shape index (κ2) is 10.9. The van der Waals surface area contributed by atoms with Crippen LogP contribution in [0.4, 0.5) is 0 Å². The van der Waals surface area contributed by atoms with Crippen LogP contribution in [0, 0.1) is 5.92 Å². The Morgan fingerprint density at radius 2 is 1.93 bits per heavy atom. The Morgan fingerprint density at radius 3 is 2.47 bits per heavy atom. The first-order valence-corrected chi connectivity index (χ1v) is 7.19. The highest BCUT2D eigenvalue weighted by Gasteiger charge is 2.03. The molecule has 0 spiro atoms. The van der Waals surface area contributed by atoms with Crippen LogP contribution in [0.15, 0.2) is 0 Å². The van der Waals surface area contributed by atoms with Crippen LogP contribution in [0.25, 0.3) is 0 Å². The monoisotopic (exact) mass is 279 g/mol. The van der Waals surface area contributed by atoms with Crippen LogP contribution < -0.4 is 5.32 Å². The molecule has 1 N–H and O–H groups in total. The highest BCUT2D eigenvalue weighted by Crippen LogP contribution is 2.00. The van der Waals surface area contributed by atoms with Gasteiger partial charge in [-0.2, -0.15) is 0 Å². The molecule has 0 saturated carbocycles. The first-order valence-electron chi connectivity index (χ1n) is 6.07. The quantitative estimate of drug-likeness (QED) is 0.490. The molecular weight excluding hydrogens is 254 g/mol. The molecule has 1 atom stereocenters. The van der Waals surface area contributed by atoms with Crippen molar-refractivity contribution in [3.05, 3.63) is 0 Å². The van der Waals surface area contributed by atoms with E-state index in [-0.39, 0.29) is 0 Å². The zero-order valence-electron chi connectivity index (χ0n) is 10.4. The Bertz CT molecular complexity index is 131. The van der Waals surface area contributed by atoms with Crippen molar-refractivity contribution < 1.29 is 4.74 Å². The third-order valence-corrected chi connectivity index (χ3v) is 2.93. The number of hydrogen-bond donors (Lipinski definition) is 1. The lowest BCUT2D eigenvalue weighted by atomic mass is 10.1.